The minimum absolute atomic E-state index is 0.134. The molecule has 0 saturated carbocycles. The number of esters is 1. The van der Waals surface area contributed by atoms with Crippen molar-refractivity contribution in [2.45, 2.75) is 6.92 Å². The second kappa shape index (κ2) is 11.1. The van der Waals surface area contributed by atoms with Gasteiger partial charge in [0, 0.05) is 17.7 Å². The molecule has 31 heavy (non-hydrogen) atoms. The maximum absolute atomic E-state index is 12.1. The number of carbonyl (C=O) groups excluding carboxylic acids is 3. The Hall–Kier alpha value is -3.46. The standard InChI is InChI=1S/C21H22ClNO8/c1-12(24)13-5-6-16(19(7-13)29-4)30-11-21(26)31-10-20(25)23-15-9-17(27-2)14(22)8-18(15)28-3/h5-9H,10-11H2,1-4H3,(H,23,25). The zero-order valence-corrected chi connectivity index (χ0v) is 18.2. The Kier molecular flexibility index (Phi) is 8.51. The molecule has 0 spiro atoms. The van der Waals surface area contributed by atoms with E-state index in [-0.39, 0.29) is 11.5 Å². The molecule has 0 heterocycles. The van der Waals surface area contributed by atoms with Crippen molar-refractivity contribution in [1.82, 2.24) is 0 Å². The number of ether oxygens (including phenoxy) is 5. The first-order chi connectivity index (χ1) is 14.8. The molecule has 2 aromatic carbocycles. The molecule has 0 aromatic heterocycles. The summed E-state index contributed by atoms with van der Waals surface area (Å²) in [6.07, 6.45) is 0. The van der Waals surface area contributed by atoms with Crippen LogP contribution in [0.15, 0.2) is 30.3 Å². The van der Waals surface area contributed by atoms with Crippen molar-refractivity contribution in [1.29, 1.82) is 0 Å². The Morgan fingerprint density at radius 3 is 2.16 bits per heavy atom. The van der Waals surface area contributed by atoms with Crippen molar-refractivity contribution in [2.24, 2.45) is 0 Å². The topological polar surface area (TPSA) is 109 Å². The van der Waals surface area contributed by atoms with Crippen LogP contribution in [-0.2, 0) is 14.3 Å². The van der Waals surface area contributed by atoms with Crippen molar-refractivity contribution < 1.29 is 38.1 Å². The van der Waals surface area contributed by atoms with Gasteiger partial charge in [-0.05, 0) is 25.1 Å². The molecule has 0 unspecified atom stereocenters. The van der Waals surface area contributed by atoms with E-state index in [1.54, 1.807) is 6.07 Å². The second-order valence-electron chi connectivity index (χ2n) is 6.11. The number of hydrogen-bond donors (Lipinski definition) is 1. The average molecular weight is 452 g/mol. The quantitative estimate of drug-likeness (QED) is 0.433. The Bertz CT molecular complexity index is 976. The molecule has 10 heteroatoms. The molecule has 0 atom stereocenters. The summed E-state index contributed by atoms with van der Waals surface area (Å²) in [6, 6.07) is 7.54. The lowest BCUT2D eigenvalue weighted by molar-refractivity contribution is -0.149. The molecule has 2 aromatic rings. The fourth-order valence-electron chi connectivity index (χ4n) is 2.47. The van der Waals surface area contributed by atoms with Crippen LogP contribution < -0.4 is 24.3 Å². The van der Waals surface area contributed by atoms with E-state index in [2.05, 4.69) is 5.32 Å². The van der Waals surface area contributed by atoms with E-state index in [1.807, 2.05) is 0 Å². The van der Waals surface area contributed by atoms with Gasteiger partial charge >= 0.3 is 5.97 Å². The third kappa shape index (κ3) is 6.51. The van der Waals surface area contributed by atoms with Crippen molar-refractivity contribution in [3.8, 4) is 23.0 Å². The molecule has 0 bridgehead atoms. The van der Waals surface area contributed by atoms with E-state index in [9.17, 15) is 14.4 Å². The molecule has 0 radical (unpaired) electrons. The number of benzene rings is 2. The molecular weight excluding hydrogens is 430 g/mol. The number of amides is 1. The normalized spacial score (nSPS) is 10.1. The van der Waals surface area contributed by atoms with E-state index in [0.29, 0.717) is 33.5 Å². The van der Waals surface area contributed by atoms with Gasteiger partial charge in [0.15, 0.2) is 30.5 Å². The Labute approximate surface area is 184 Å². The van der Waals surface area contributed by atoms with Crippen LogP contribution in [0.2, 0.25) is 5.02 Å². The van der Waals surface area contributed by atoms with Gasteiger partial charge in [-0.3, -0.25) is 9.59 Å². The maximum atomic E-state index is 12.1. The smallest absolute Gasteiger partial charge is 0.344 e. The van der Waals surface area contributed by atoms with E-state index < -0.39 is 25.1 Å². The molecule has 0 aliphatic heterocycles. The third-order valence-electron chi connectivity index (χ3n) is 4.03. The monoisotopic (exact) mass is 451 g/mol. The van der Waals surface area contributed by atoms with Crippen LogP contribution in [0.4, 0.5) is 5.69 Å². The van der Waals surface area contributed by atoms with Crippen molar-refractivity contribution >= 4 is 34.9 Å². The largest absolute Gasteiger partial charge is 0.495 e. The van der Waals surface area contributed by atoms with Crippen LogP contribution >= 0.6 is 11.6 Å². The summed E-state index contributed by atoms with van der Waals surface area (Å²) in [5, 5.41) is 2.87. The molecular formula is C21H22ClNO8. The summed E-state index contributed by atoms with van der Waals surface area (Å²) < 4.78 is 25.7. The lowest BCUT2D eigenvalue weighted by Gasteiger charge is -2.13. The first-order valence-electron chi connectivity index (χ1n) is 8.97. The molecule has 9 nitrogen and oxygen atoms in total. The van der Waals surface area contributed by atoms with Crippen molar-refractivity contribution in [3.63, 3.8) is 0 Å². The molecule has 0 saturated heterocycles. The average Bonchev–Trinajstić information content (AvgIpc) is 2.76. The predicted octanol–water partition coefficient (Wildman–Crippen LogP) is 3.13. The van der Waals surface area contributed by atoms with Gasteiger partial charge in [0.2, 0.25) is 0 Å². The molecule has 1 N–H and O–H groups in total. The number of rotatable bonds is 10. The summed E-state index contributed by atoms with van der Waals surface area (Å²) >= 11 is 6.02. The van der Waals surface area contributed by atoms with Crippen LogP contribution in [0.25, 0.3) is 0 Å². The highest BCUT2D eigenvalue weighted by Crippen LogP contribution is 2.35. The lowest BCUT2D eigenvalue weighted by Crippen LogP contribution is -2.24. The number of Topliss-reactive ketones (excluding diaryl/α,β-unsaturated/α-hetero) is 1. The van der Waals surface area contributed by atoms with Gasteiger partial charge in [-0.25, -0.2) is 4.79 Å². The highest BCUT2D eigenvalue weighted by atomic mass is 35.5. The summed E-state index contributed by atoms with van der Waals surface area (Å²) in [5.41, 5.74) is 0.744. The van der Waals surface area contributed by atoms with Gasteiger partial charge in [-0.1, -0.05) is 11.6 Å². The van der Waals surface area contributed by atoms with E-state index in [4.69, 9.17) is 35.3 Å². The number of anilines is 1. The van der Waals surface area contributed by atoms with Gasteiger partial charge in [-0.15, -0.1) is 0 Å². The molecule has 0 aliphatic rings. The van der Waals surface area contributed by atoms with E-state index >= 15 is 0 Å². The molecule has 1 amide bonds. The number of hydrogen-bond acceptors (Lipinski definition) is 8. The summed E-state index contributed by atoms with van der Waals surface area (Å²) in [7, 11) is 4.26. The van der Waals surface area contributed by atoms with Gasteiger partial charge in [-0.2, -0.15) is 0 Å². The van der Waals surface area contributed by atoms with E-state index in [1.165, 1.54) is 52.5 Å². The first-order valence-corrected chi connectivity index (χ1v) is 9.35. The molecule has 2 rings (SSSR count). The minimum Gasteiger partial charge on any atom is -0.495 e. The Balaban J connectivity index is 1.91. The third-order valence-corrected chi connectivity index (χ3v) is 4.32. The number of nitrogens with one attached hydrogen (secondary N) is 1. The maximum Gasteiger partial charge on any atom is 0.344 e. The highest BCUT2D eigenvalue weighted by Gasteiger charge is 2.15. The van der Waals surface area contributed by atoms with Crippen LogP contribution in [0, 0.1) is 0 Å². The minimum atomic E-state index is -0.770. The molecule has 166 valence electrons. The summed E-state index contributed by atoms with van der Waals surface area (Å²) in [4.78, 5) is 35.5. The lowest BCUT2D eigenvalue weighted by atomic mass is 10.1. The highest BCUT2D eigenvalue weighted by molar-refractivity contribution is 6.32. The zero-order valence-electron chi connectivity index (χ0n) is 17.4. The summed E-state index contributed by atoms with van der Waals surface area (Å²) in [6.45, 7) is 0.422. The predicted molar refractivity (Wildman–Crippen MR) is 113 cm³/mol. The van der Waals surface area contributed by atoms with Gasteiger partial charge < -0.3 is 29.0 Å². The second-order valence-corrected chi connectivity index (χ2v) is 6.51. The van der Waals surface area contributed by atoms with Gasteiger partial charge in [0.25, 0.3) is 5.91 Å². The number of carbonyl (C=O) groups is 3. The van der Waals surface area contributed by atoms with Crippen LogP contribution in [0.5, 0.6) is 23.0 Å². The van der Waals surface area contributed by atoms with E-state index in [0.717, 1.165) is 0 Å². The van der Waals surface area contributed by atoms with Crippen LogP contribution in [-0.4, -0.2) is 52.2 Å². The Morgan fingerprint density at radius 2 is 1.55 bits per heavy atom. The molecule has 0 fully saturated rings. The Morgan fingerprint density at radius 1 is 0.871 bits per heavy atom. The number of ketones is 1. The van der Waals surface area contributed by atoms with Crippen LogP contribution in [0.3, 0.4) is 0 Å². The fourth-order valence-corrected chi connectivity index (χ4v) is 2.71. The van der Waals surface area contributed by atoms with Gasteiger partial charge in [0.1, 0.15) is 11.5 Å². The molecule has 0 aliphatic carbocycles. The van der Waals surface area contributed by atoms with Crippen LogP contribution in [0.1, 0.15) is 17.3 Å². The van der Waals surface area contributed by atoms with Crippen molar-refractivity contribution in [2.75, 3.05) is 39.9 Å². The zero-order chi connectivity index (χ0) is 23.0. The first kappa shape index (κ1) is 23.8. The summed E-state index contributed by atoms with van der Waals surface area (Å²) in [5.74, 6) is -0.296. The van der Waals surface area contributed by atoms with Gasteiger partial charge in [0.05, 0.1) is 32.0 Å². The number of methoxy groups -OCH3 is 3. The van der Waals surface area contributed by atoms with Crippen molar-refractivity contribution in [3.05, 3.63) is 40.9 Å². The SMILES string of the molecule is COc1cc(NC(=O)COC(=O)COc2ccc(C(C)=O)cc2OC)c(OC)cc1Cl. The number of halogens is 1. The fraction of sp³-hybridized carbons (Fsp3) is 0.286.